The number of H-pyrrole nitrogens is 1. The maximum Gasteiger partial charge on any atom is 0.407 e. The van der Waals surface area contributed by atoms with Crippen LogP contribution in [0.1, 0.15) is 57.6 Å². The lowest BCUT2D eigenvalue weighted by atomic mass is 9.81. The number of aromatic nitrogens is 4. The molecule has 1 unspecified atom stereocenters. The summed E-state index contributed by atoms with van der Waals surface area (Å²) in [6.45, 7) is 5.91. The summed E-state index contributed by atoms with van der Waals surface area (Å²) in [7, 11) is 0. The van der Waals surface area contributed by atoms with Crippen LogP contribution in [0.5, 0.6) is 0 Å². The molecule has 0 bridgehead atoms. The molecule has 1 fully saturated rings. The number of hydrogen-bond donors (Lipinski definition) is 4. The molecule has 1 heterocycles. The van der Waals surface area contributed by atoms with Gasteiger partial charge in [-0.3, -0.25) is 9.59 Å². The zero-order valence-electron chi connectivity index (χ0n) is 27.6. The topological polar surface area (TPSA) is 175 Å². The van der Waals surface area contributed by atoms with E-state index in [-0.39, 0.29) is 29.7 Å². The van der Waals surface area contributed by atoms with Crippen molar-refractivity contribution in [1.29, 1.82) is 5.26 Å². The summed E-state index contributed by atoms with van der Waals surface area (Å²) in [6, 6.07) is 19.6. The van der Waals surface area contributed by atoms with Gasteiger partial charge in [0.05, 0.1) is 5.56 Å². The van der Waals surface area contributed by atoms with Gasteiger partial charge in [0, 0.05) is 35.7 Å². The maximum atomic E-state index is 14.2. The van der Waals surface area contributed by atoms with Gasteiger partial charge < -0.3 is 20.7 Å². The molecule has 49 heavy (non-hydrogen) atoms. The molecule has 4 aromatic rings. The van der Waals surface area contributed by atoms with E-state index in [0.29, 0.717) is 47.6 Å². The van der Waals surface area contributed by atoms with Crippen molar-refractivity contribution < 1.29 is 23.5 Å². The molecule has 13 heteroatoms. The van der Waals surface area contributed by atoms with E-state index in [1.54, 1.807) is 60.7 Å². The zero-order chi connectivity index (χ0) is 35.0. The van der Waals surface area contributed by atoms with Crippen LogP contribution < -0.4 is 16.0 Å². The fourth-order valence-electron chi connectivity index (χ4n) is 5.82. The van der Waals surface area contributed by atoms with Gasteiger partial charge in [0.15, 0.2) is 0 Å². The van der Waals surface area contributed by atoms with Crippen LogP contribution in [0.15, 0.2) is 66.7 Å². The highest BCUT2D eigenvalue weighted by molar-refractivity contribution is 5.97. The molecule has 12 nitrogen and oxygen atoms in total. The molecular weight excluding hydrogens is 627 g/mol. The minimum Gasteiger partial charge on any atom is -0.444 e. The van der Waals surface area contributed by atoms with E-state index in [4.69, 9.17) is 4.74 Å². The molecule has 0 radical (unpaired) electrons. The van der Waals surface area contributed by atoms with Crippen LogP contribution in [-0.2, 0) is 20.7 Å². The normalized spacial score (nSPS) is 16.6. The van der Waals surface area contributed by atoms with Crippen molar-refractivity contribution in [3.8, 4) is 28.6 Å². The van der Waals surface area contributed by atoms with Gasteiger partial charge in [0.2, 0.25) is 17.6 Å². The number of nitrogens with one attached hydrogen (secondary N) is 4. The number of halogens is 1. The van der Waals surface area contributed by atoms with Gasteiger partial charge >= 0.3 is 6.09 Å². The Balaban J connectivity index is 1.25. The third kappa shape index (κ3) is 9.47. The van der Waals surface area contributed by atoms with Crippen LogP contribution in [0.25, 0.3) is 22.5 Å². The minimum absolute atomic E-state index is 0.0412. The number of hydrogen-bond acceptors (Lipinski definition) is 8. The van der Waals surface area contributed by atoms with Crippen LogP contribution in [0.2, 0.25) is 0 Å². The second-order valence-corrected chi connectivity index (χ2v) is 13.1. The number of carbonyl (C=O) groups is 3. The van der Waals surface area contributed by atoms with Crippen molar-refractivity contribution in [1.82, 2.24) is 31.3 Å². The average molecular weight is 667 g/mol. The molecule has 3 amide bonds. The molecule has 0 aliphatic heterocycles. The first-order valence-electron chi connectivity index (χ1n) is 16.2. The van der Waals surface area contributed by atoms with E-state index in [2.05, 4.69) is 36.6 Å². The number of carbonyl (C=O) groups excluding carboxylic acids is 3. The molecule has 1 aromatic heterocycles. The van der Waals surface area contributed by atoms with Crippen LogP contribution >= 0.6 is 0 Å². The number of nitriles is 1. The first-order valence-corrected chi connectivity index (χ1v) is 16.2. The Bertz CT molecular complexity index is 1790. The third-order valence-corrected chi connectivity index (χ3v) is 8.37. The van der Waals surface area contributed by atoms with Crippen LogP contribution in [0.3, 0.4) is 0 Å². The second kappa shape index (κ2) is 15.5. The number of benzene rings is 3. The van der Waals surface area contributed by atoms with E-state index >= 15 is 0 Å². The maximum absolute atomic E-state index is 14.2. The van der Waals surface area contributed by atoms with Crippen molar-refractivity contribution in [3.05, 3.63) is 83.7 Å². The zero-order valence-corrected chi connectivity index (χ0v) is 27.6. The fraction of sp³-hybridized carbons (Fsp3) is 0.361. The van der Waals surface area contributed by atoms with Gasteiger partial charge in [-0.2, -0.15) is 10.5 Å². The molecule has 0 spiro atoms. The van der Waals surface area contributed by atoms with Crippen molar-refractivity contribution in [2.45, 2.75) is 64.5 Å². The number of tetrazole rings is 1. The number of aromatic amines is 1. The van der Waals surface area contributed by atoms with E-state index < -0.39 is 29.5 Å². The Morgan fingerprint density at radius 2 is 1.69 bits per heavy atom. The monoisotopic (exact) mass is 666 g/mol. The SMILES string of the molecule is CC(C)(C)OC(=O)NCC1CCC(C(=O)NC(Cc2ccc(-c3cccc(F)c3C#N)cc2)C(=O)Nc2ccc(-c3nn[nH]n3)cc2)CC1. The number of nitrogens with zero attached hydrogens (tertiary/aromatic N) is 4. The first kappa shape index (κ1) is 34.7. The van der Waals surface area contributed by atoms with Crippen LogP contribution in [-0.4, -0.2) is 56.7 Å². The summed E-state index contributed by atoms with van der Waals surface area (Å²) < 4.78 is 19.6. The molecule has 3 aromatic carbocycles. The molecule has 5 rings (SSSR count). The fourth-order valence-corrected chi connectivity index (χ4v) is 5.82. The summed E-state index contributed by atoms with van der Waals surface area (Å²) in [5, 5.41) is 32.1. The summed E-state index contributed by atoms with van der Waals surface area (Å²) >= 11 is 0. The molecule has 254 valence electrons. The number of ether oxygens (including phenoxy) is 1. The molecule has 1 atom stereocenters. The van der Waals surface area contributed by atoms with E-state index in [0.717, 1.165) is 18.4 Å². The predicted molar refractivity (Wildman–Crippen MR) is 180 cm³/mol. The van der Waals surface area contributed by atoms with E-state index in [9.17, 15) is 24.0 Å². The van der Waals surface area contributed by atoms with Crippen molar-refractivity contribution in [2.75, 3.05) is 11.9 Å². The minimum atomic E-state index is -0.898. The van der Waals surface area contributed by atoms with Crippen molar-refractivity contribution in [2.24, 2.45) is 11.8 Å². The third-order valence-electron chi connectivity index (χ3n) is 8.37. The highest BCUT2D eigenvalue weighted by Gasteiger charge is 2.30. The highest BCUT2D eigenvalue weighted by atomic mass is 19.1. The Labute approximate surface area is 283 Å². The van der Waals surface area contributed by atoms with Crippen molar-refractivity contribution in [3.63, 3.8) is 0 Å². The summed E-state index contributed by atoms with van der Waals surface area (Å²) in [5.74, 6) is -0.825. The molecule has 1 saturated carbocycles. The molecule has 4 N–H and O–H groups in total. The van der Waals surface area contributed by atoms with Gasteiger partial charge in [-0.25, -0.2) is 9.18 Å². The van der Waals surface area contributed by atoms with Crippen LogP contribution in [0.4, 0.5) is 14.9 Å². The first-order chi connectivity index (χ1) is 23.5. The lowest BCUT2D eigenvalue weighted by molar-refractivity contribution is -0.130. The second-order valence-electron chi connectivity index (χ2n) is 13.1. The number of anilines is 1. The number of alkyl carbamates (subject to hydrolysis) is 1. The Morgan fingerprint density at radius 1 is 1.00 bits per heavy atom. The Kier molecular flexibility index (Phi) is 11.0. The van der Waals surface area contributed by atoms with Gasteiger partial charge in [-0.05, 0) is 99.0 Å². The summed E-state index contributed by atoms with van der Waals surface area (Å²) in [4.78, 5) is 39.3. The predicted octanol–water partition coefficient (Wildman–Crippen LogP) is 5.54. The number of rotatable bonds is 10. The van der Waals surface area contributed by atoms with Gasteiger partial charge in [0.25, 0.3) is 0 Å². The molecule has 1 aliphatic carbocycles. The quantitative estimate of drug-likeness (QED) is 0.171. The van der Waals surface area contributed by atoms with E-state index in [1.807, 2.05) is 26.8 Å². The Hall–Kier alpha value is -5.64. The van der Waals surface area contributed by atoms with Crippen molar-refractivity contribution >= 4 is 23.6 Å². The largest absolute Gasteiger partial charge is 0.444 e. The number of amides is 3. The van der Waals surface area contributed by atoms with Gasteiger partial charge in [-0.1, -0.05) is 36.4 Å². The average Bonchev–Trinajstić information content (AvgIpc) is 3.62. The smallest absolute Gasteiger partial charge is 0.407 e. The van der Waals surface area contributed by atoms with Gasteiger partial charge in [0.1, 0.15) is 23.5 Å². The molecule has 0 saturated heterocycles. The van der Waals surface area contributed by atoms with E-state index in [1.165, 1.54) is 6.07 Å². The summed E-state index contributed by atoms with van der Waals surface area (Å²) in [5.41, 5.74) is 2.52. The van der Waals surface area contributed by atoms with Crippen LogP contribution in [0, 0.1) is 29.0 Å². The lowest BCUT2D eigenvalue weighted by Gasteiger charge is -2.29. The standard InChI is InChI=1S/C36H39FN8O4/c1-36(2,3)49-35(48)39-21-23-9-13-26(14-10-23)33(46)41-31(34(47)40-27-17-15-25(16-18-27)32-42-44-45-43-32)19-22-7-11-24(12-8-22)28-5-4-6-30(37)29(28)20-38/h4-8,11-12,15-18,23,26,31H,9-10,13-14,19,21H2,1-3H3,(H,39,48)(H,40,47)(H,41,46)(H,42,43,44,45). The summed E-state index contributed by atoms with van der Waals surface area (Å²) in [6.07, 6.45) is 2.50. The highest BCUT2D eigenvalue weighted by Crippen LogP contribution is 2.29. The Morgan fingerprint density at radius 3 is 2.33 bits per heavy atom. The molecule has 1 aliphatic rings. The van der Waals surface area contributed by atoms with Gasteiger partial charge in [-0.15, -0.1) is 10.2 Å². The molecular formula is C36H39FN8O4. The lowest BCUT2D eigenvalue weighted by Crippen LogP contribution is -2.48.